The van der Waals surface area contributed by atoms with E-state index in [0.29, 0.717) is 12.3 Å². The zero-order chi connectivity index (χ0) is 13.9. The SMILES string of the molecule is CN1C(=O)CC[C@]23CCCC=C2c2ccc(Br)cc2[C@H]13. The van der Waals surface area contributed by atoms with Gasteiger partial charge >= 0.3 is 0 Å². The predicted molar refractivity (Wildman–Crippen MR) is 83.1 cm³/mol. The molecular weight excluding hydrogens is 314 g/mol. The highest BCUT2D eigenvalue weighted by Crippen LogP contribution is 2.64. The summed E-state index contributed by atoms with van der Waals surface area (Å²) >= 11 is 3.59. The van der Waals surface area contributed by atoms with Gasteiger partial charge in [0.1, 0.15) is 0 Å². The van der Waals surface area contributed by atoms with Crippen molar-refractivity contribution in [3.63, 3.8) is 0 Å². The third-order valence-corrected chi connectivity index (χ3v) is 5.89. The highest BCUT2D eigenvalue weighted by Gasteiger charge is 2.54. The summed E-state index contributed by atoms with van der Waals surface area (Å²) in [6, 6.07) is 6.81. The smallest absolute Gasteiger partial charge is 0.222 e. The number of fused-ring (bicyclic) bond motifs is 3. The van der Waals surface area contributed by atoms with Crippen LogP contribution in [0.25, 0.3) is 5.57 Å². The monoisotopic (exact) mass is 331 g/mol. The number of allylic oxidation sites excluding steroid dienone is 1. The van der Waals surface area contributed by atoms with E-state index in [9.17, 15) is 4.79 Å². The summed E-state index contributed by atoms with van der Waals surface area (Å²) in [6.45, 7) is 0. The van der Waals surface area contributed by atoms with E-state index < -0.39 is 0 Å². The third-order valence-electron chi connectivity index (χ3n) is 5.40. The zero-order valence-electron chi connectivity index (χ0n) is 11.7. The van der Waals surface area contributed by atoms with Crippen molar-refractivity contribution >= 4 is 27.4 Å². The summed E-state index contributed by atoms with van der Waals surface area (Å²) in [5.41, 5.74) is 4.41. The Labute approximate surface area is 128 Å². The topological polar surface area (TPSA) is 20.3 Å². The number of nitrogens with zero attached hydrogens (tertiary/aromatic N) is 1. The Kier molecular flexibility index (Phi) is 2.65. The summed E-state index contributed by atoms with van der Waals surface area (Å²) in [4.78, 5) is 14.2. The van der Waals surface area contributed by atoms with E-state index in [0.717, 1.165) is 10.9 Å². The first-order valence-electron chi connectivity index (χ1n) is 7.40. The number of hydrogen-bond donors (Lipinski definition) is 0. The largest absolute Gasteiger partial charge is 0.338 e. The normalized spacial score (nSPS) is 31.5. The molecule has 1 aliphatic heterocycles. The van der Waals surface area contributed by atoms with Gasteiger partial charge in [0, 0.05) is 23.4 Å². The average molecular weight is 332 g/mol. The van der Waals surface area contributed by atoms with Crippen LogP contribution in [0.5, 0.6) is 0 Å². The Hall–Kier alpha value is -1.09. The molecule has 3 aliphatic rings. The fourth-order valence-electron chi connectivity index (χ4n) is 4.59. The fraction of sp³-hybridized carbons (Fsp3) is 0.471. The van der Waals surface area contributed by atoms with Crippen LogP contribution in [-0.4, -0.2) is 17.9 Å². The van der Waals surface area contributed by atoms with Gasteiger partial charge in [-0.25, -0.2) is 0 Å². The molecule has 0 N–H and O–H groups in total. The van der Waals surface area contributed by atoms with Gasteiger partial charge in [-0.05, 0) is 54.5 Å². The molecule has 2 aliphatic carbocycles. The second-order valence-electron chi connectivity index (χ2n) is 6.30. The molecule has 1 saturated heterocycles. The maximum atomic E-state index is 12.2. The summed E-state index contributed by atoms with van der Waals surface area (Å²) in [7, 11) is 1.98. The Morgan fingerprint density at radius 3 is 3.05 bits per heavy atom. The minimum Gasteiger partial charge on any atom is -0.338 e. The van der Waals surface area contributed by atoms with Gasteiger partial charge in [-0.15, -0.1) is 0 Å². The van der Waals surface area contributed by atoms with Crippen LogP contribution in [0.2, 0.25) is 0 Å². The number of hydrogen-bond acceptors (Lipinski definition) is 1. The molecule has 0 saturated carbocycles. The van der Waals surface area contributed by atoms with E-state index >= 15 is 0 Å². The Balaban J connectivity index is 1.98. The van der Waals surface area contributed by atoms with Crippen molar-refractivity contribution in [3.8, 4) is 0 Å². The molecule has 0 radical (unpaired) electrons. The fourth-order valence-corrected chi connectivity index (χ4v) is 4.97. The number of likely N-dealkylation sites (tertiary alicyclic amines) is 1. The number of halogens is 1. The van der Waals surface area contributed by atoms with Gasteiger partial charge in [-0.3, -0.25) is 4.79 Å². The summed E-state index contributed by atoms with van der Waals surface area (Å²) < 4.78 is 1.11. The number of amides is 1. The van der Waals surface area contributed by atoms with E-state index in [4.69, 9.17) is 0 Å². The first-order valence-corrected chi connectivity index (χ1v) is 8.19. The minimum absolute atomic E-state index is 0.185. The van der Waals surface area contributed by atoms with Gasteiger partial charge in [-0.2, -0.15) is 0 Å². The molecule has 2 nitrogen and oxygen atoms in total. The number of rotatable bonds is 0. The van der Waals surface area contributed by atoms with Crippen molar-refractivity contribution in [2.45, 2.75) is 38.1 Å². The highest BCUT2D eigenvalue weighted by molar-refractivity contribution is 9.10. The lowest BCUT2D eigenvalue weighted by Crippen LogP contribution is -2.45. The second kappa shape index (κ2) is 4.20. The molecule has 0 unspecified atom stereocenters. The maximum absolute atomic E-state index is 12.2. The number of carbonyl (C=O) groups excluding carboxylic acids is 1. The molecule has 1 aromatic carbocycles. The molecule has 2 atom stereocenters. The van der Waals surface area contributed by atoms with Crippen LogP contribution < -0.4 is 0 Å². The van der Waals surface area contributed by atoms with Gasteiger partial charge < -0.3 is 4.90 Å². The molecule has 1 heterocycles. The van der Waals surface area contributed by atoms with Crippen molar-refractivity contribution in [1.82, 2.24) is 4.90 Å². The molecular formula is C17H18BrNO. The molecule has 1 spiro atoms. The quantitative estimate of drug-likeness (QED) is 0.693. The molecule has 104 valence electrons. The van der Waals surface area contributed by atoms with Crippen LogP contribution in [0.3, 0.4) is 0 Å². The predicted octanol–water partition coefficient (Wildman–Crippen LogP) is 4.31. The van der Waals surface area contributed by atoms with E-state index in [-0.39, 0.29) is 11.5 Å². The second-order valence-corrected chi connectivity index (χ2v) is 7.22. The lowest BCUT2D eigenvalue weighted by atomic mass is 9.65. The number of carbonyl (C=O) groups is 1. The number of piperidine rings is 1. The Morgan fingerprint density at radius 1 is 1.35 bits per heavy atom. The Morgan fingerprint density at radius 2 is 2.20 bits per heavy atom. The van der Waals surface area contributed by atoms with E-state index in [1.54, 1.807) is 0 Å². The van der Waals surface area contributed by atoms with Crippen molar-refractivity contribution in [2.75, 3.05) is 7.05 Å². The van der Waals surface area contributed by atoms with Gasteiger partial charge in [0.25, 0.3) is 0 Å². The Bertz CT molecular complexity index is 636. The minimum atomic E-state index is 0.185. The van der Waals surface area contributed by atoms with Crippen molar-refractivity contribution in [1.29, 1.82) is 0 Å². The lowest BCUT2D eigenvalue weighted by molar-refractivity contribution is -0.139. The van der Waals surface area contributed by atoms with E-state index in [2.05, 4.69) is 40.2 Å². The molecule has 1 aromatic rings. The average Bonchev–Trinajstić information content (AvgIpc) is 2.73. The van der Waals surface area contributed by atoms with Crippen LogP contribution in [0.1, 0.15) is 49.3 Å². The van der Waals surface area contributed by atoms with Crippen LogP contribution >= 0.6 is 15.9 Å². The molecule has 4 rings (SSSR count). The van der Waals surface area contributed by atoms with Crippen LogP contribution in [0.15, 0.2) is 28.7 Å². The van der Waals surface area contributed by atoms with Gasteiger partial charge in [0.05, 0.1) is 6.04 Å². The summed E-state index contributed by atoms with van der Waals surface area (Å²) in [5.74, 6) is 0.290. The molecule has 3 heteroatoms. The van der Waals surface area contributed by atoms with E-state index in [1.807, 2.05) is 11.9 Å². The van der Waals surface area contributed by atoms with Crippen LogP contribution in [-0.2, 0) is 4.79 Å². The van der Waals surface area contributed by atoms with Gasteiger partial charge in [0.15, 0.2) is 0 Å². The van der Waals surface area contributed by atoms with Crippen molar-refractivity contribution < 1.29 is 4.79 Å². The molecule has 1 fully saturated rings. The lowest BCUT2D eigenvalue weighted by Gasteiger charge is -2.47. The third kappa shape index (κ3) is 1.47. The summed E-state index contributed by atoms with van der Waals surface area (Å²) in [5, 5.41) is 0. The molecule has 20 heavy (non-hydrogen) atoms. The summed E-state index contributed by atoms with van der Waals surface area (Å²) in [6.07, 6.45) is 7.78. The zero-order valence-corrected chi connectivity index (χ0v) is 13.2. The number of benzene rings is 1. The maximum Gasteiger partial charge on any atom is 0.222 e. The first-order chi connectivity index (χ1) is 9.63. The van der Waals surface area contributed by atoms with Crippen molar-refractivity contribution in [2.24, 2.45) is 5.41 Å². The first kappa shape index (κ1) is 12.6. The van der Waals surface area contributed by atoms with Crippen LogP contribution in [0, 0.1) is 5.41 Å². The highest BCUT2D eigenvalue weighted by atomic mass is 79.9. The van der Waals surface area contributed by atoms with Gasteiger partial charge in [-0.1, -0.05) is 28.1 Å². The standard InChI is InChI=1S/C17H18BrNO/c1-19-15(20)7-9-17-8-3-2-4-14(17)12-6-5-11(18)10-13(12)16(17)19/h4-6,10,16H,2-3,7-9H2,1H3/t16-,17+/m0/s1. The molecule has 1 amide bonds. The van der Waals surface area contributed by atoms with Gasteiger partial charge in [0.2, 0.25) is 5.91 Å². The van der Waals surface area contributed by atoms with Crippen molar-refractivity contribution in [3.05, 3.63) is 39.9 Å². The van der Waals surface area contributed by atoms with E-state index in [1.165, 1.54) is 36.0 Å². The molecule has 0 aromatic heterocycles. The molecule has 0 bridgehead atoms. The van der Waals surface area contributed by atoms with Crippen LogP contribution in [0.4, 0.5) is 0 Å².